The molecule has 0 heterocycles. The van der Waals surface area contributed by atoms with Gasteiger partial charge in [-0.25, -0.2) is 11.0 Å². The molecule has 0 saturated heterocycles. The molecule has 0 amide bonds. The van der Waals surface area contributed by atoms with Crippen molar-refractivity contribution in [1.29, 1.82) is 11.0 Å². The second-order valence-corrected chi connectivity index (χ2v) is 15.8. The van der Waals surface area contributed by atoms with Crippen molar-refractivity contribution in [2.75, 3.05) is 0 Å². The topological polar surface area (TPSA) is 274 Å². The molecular weight excluding hydrogens is 799 g/mol. The Hall–Kier alpha value is -5.52. The van der Waals surface area contributed by atoms with Gasteiger partial charge in [0.25, 0.3) is 20.2 Å². The molecule has 14 nitrogen and oxygen atoms in total. The summed E-state index contributed by atoms with van der Waals surface area (Å²) in [7, 11) is -11.9. The van der Waals surface area contributed by atoms with Gasteiger partial charge in [0.1, 0.15) is 23.6 Å². The highest BCUT2D eigenvalue weighted by Crippen LogP contribution is 2.55. The Morgan fingerprint density at radius 3 is 1.25 bits per heavy atom. The van der Waals surface area contributed by atoms with E-state index in [2.05, 4.69) is 21.3 Å². The summed E-state index contributed by atoms with van der Waals surface area (Å²) in [6, 6.07) is 11.8. The molecule has 22 heteroatoms. The minimum Gasteiger partial charge on any atom is -0.397 e. The molecule has 0 fully saturated rings. The van der Waals surface area contributed by atoms with Crippen LogP contribution in [-0.4, -0.2) is 48.4 Å². The molecule has 0 aliphatic heterocycles. The molecule has 56 heavy (non-hydrogen) atoms. The number of nitrogens with one attached hydrogen (secondary N) is 2. The van der Waals surface area contributed by atoms with E-state index in [1.54, 1.807) is 0 Å². The van der Waals surface area contributed by atoms with E-state index in [0.717, 1.165) is 48.5 Å². The normalized spacial score (nSPS) is 24.0. The Balaban J connectivity index is 1.68. The predicted octanol–water partition coefficient (Wildman–Crippen LogP) is 5.72. The van der Waals surface area contributed by atoms with Gasteiger partial charge in [0.05, 0.1) is 22.5 Å². The zero-order valence-electron chi connectivity index (χ0n) is 29.7. The van der Waals surface area contributed by atoms with Crippen molar-refractivity contribution in [3.8, 4) is 11.1 Å². The zero-order chi connectivity index (χ0) is 43.0. The third kappa shape index (κ3) is 5.54. The van der Waals surface area contributed by atoms with Crippen molar-refractivity contribution >= 4 is 31.6 Å². The Bertz CT molecular complexity index is 2550. The van der Waals surface area contributed by atoms with Crippen molar-refractivity contribution < 1.29 is 65.3 Å². The van der Waals surface area contributed by atoms with Crippen LogP contribution in [0.5, 0.6) is 0 Å². The van der Waals surface area contributed by atoms with Crippen molar-refractivity contribution in [2.24, 2.45) is 21.7 Å². The van der Waals surface area contributed by atoms with Gasteiger partial charge in [0.2, 0.25) is 2.82 Å². The highest BCUT2D eigenvalue weighted by molar-refractivity contribution is 7.87. The molecule has 6 rings (SSSR count). The molecule has 0 bridgehead atoms. The summed E-state index contributed by atoms with van der Waals surface area (Å²) < 4.78 is 173. The van der Waals surface area contributed by atoms with Crippen molar-refractivity contribution in [2.45, 2.75) is 34.1 Å². The third-order valence-electron chi connectivity index (χ3n) is 9.89. The summed E-state index contributed by atoms with van der Waals surface area (Å²) in [6.07, 6.45) is -16.7. The van der Waals surface area contributed by atoms with Gasteiger partial charge in [0.15, 0.2) is 9.49 Å². The molecule has 10 N–H and O–H groups in total. The van der Waals surface area contributed by atoms with Gasteiger partial charge in [-0.15, -0.1) is 0 Å². The minimum absolute atomic E-state index is 0.208. The van der Waals surface area contributed by atoms with Crippen molar-refractivity contribution in [3.63, 3.8) is 0 Å². The Kier molecular flexibility index (Phi) is 8.70. The molecule has 2 aliphatic carbocycles. The number of hydrogen-bond donors (Lipinski definition) is 8. The lowest BCUT2D eigenvalue weighted by Crippen LogP contribution is -2.52. The number of hydrogen-bond acceptors (Lipinski definition) is 12. The average Bonchev–Trinajstić information content (AvgIpc) is 3.14. The second kappa shape index (κ2) is 13.0. The molecule has 294 valence electrons. The van der Waals surface area contributed by atoms with Crippen LogP contribution >= 0.6 is 0 Å². The van der Waals surface area contributed by atoms with E-state index in [4.69, 9.17) is 14.3 Å². The lowest BCUT2D eigenvalue weighted by atomic mass is 9.74. The molecule has 2 aliphatic rings. The van der Waals surface area contributed by atoms with Crippen molar-refractivity contribution in [1.82, 2.24) is 0 Å². The fourth-order valence-corrected chi connectivity index (χ4v) is 10.1. The summed E-state index contributed by atoms with van der Waals surface area (Å²) in [5.41, 5.74) is 4.71. The van der Waals surface area contributed by atoms with Crippen LogP contribution < -0.4 is 11.5 Å². The van der Waals surface area contributed by atoms with Crippen LogP contribution in [-0.2, 0) is 42.1 Å². The molecule has 0 radical (unpaired) electrons. The summed E-state index contributed by atoms with van der Waals surface area (Å²) in [5, 5.41) is 29.6. The van der Waals surface area contributed by atoms with Crippen LogP contribution in [0.3, 0.4) is 0 Å². The number of aliphatic hydroxyl groups is 2. The Labute approximate surface area is 315 Å². The van der Waals surface area contributed by atoms with Crippen LogP contribution in [0.4, 0.5) is 26.3 Å². The lowest BCUT2D eigenvalue weighted by molar-refractivity contribution is -0.139. The van der Waals surface area contributed by atoms with E-state index in [1.807, 2.05) is 0 Å². The maximum absolute atomic E-state index is 15.1. The molecule has 0 spiro atoms. The highest BCUT2D eigenvalue weighted by Gasteiger charge is 2.62. The number of rotatable bonds is 7. The van der Waals surface area contributed by atoms with Gasteiger partial charge < -0.3 is 21.7 Å². The fourth-order valence-electron chi connectivity index (χ4n) is 7.54. The molecular formula is C34H26F6N6O8S2. The monoisotopic (exact) mass is 824 g/mol. The molecule has 4 aromatic rings. The van der Waals surface area contributed by atoms with Crippen LogP contribution in [0.25, 0.3) is 22.5 Å². The first kappa shape index (κ1) is 37.4. The molecule has 4 atom stereocenters. The SMILES string of the molecule is [H]/N=N/C1=C(N)c2ccccc2C(c2ccc(-c3ccc(C4(S(=O)(=O)O)c5ccccc5C(N)=C(/N=N/[H])C4O)c(C(F)(F)F)c3)cc2C(F)(F)F)(S(=O)(=O)O)C1O. The highest BCUT2D eigenvalue weighted by atomic mass is 32.2. The van der Waals surface area contributed by atoms with E-state index in [-0.39, 0.29) is 23.3 Å². The first-order valence-corrected chi connectivity index (χ1v) is 18.4. The number of alkyl halides is 6. The largest absolute Gasteiger partial charge is 0.416 e. The maximum atomic E-state index is 15.1. The number of nitrogens with zero attached hydrogens (tertiary/aromatic N) is 2. The van der Waals surface area contributed by atoms with Crippen LogP contribution in [0.1, 0.15) is 44.5 Å². The van der Waals surface area contributed by atoms with Gasteiger partial charge in [-0.3, -0.25) is 9.11 Å². The van der Waals surface area contributed by atoms with E-state index < -0.39 is 122 Å². The van der Waals surface area contributed by atoms with E-state index in [1.165, 1.54) is 12.1 Å². The van der Waals surface area contributed by atoms with Crippen molar-refractivity contribution in [3.05, 3.63) is 141 Å². The summed E-state index contributed by atoms with van der Waals surface area (Å²) in [4.78, 5) is 0. The number of benzene rings is 4. The molecule has 4 unspecified atom stereocenters. The minimum atomic E-state index is -5.94. The summed E-state index contributed by atoms with van der Waals surface area (Å²) in [6.45, 7) is 0. The molecule has 4 aromatic carbocycles. The first-order valence-electron chi connectivity index (χ1n) is 16.4. The second-order valence-electron chi connectivity index (χ2n) is 12.6. The van der Waals surface area contributed by atoms with E-state index >= 15 is 26.3 Å². The number of fused-ring (bicyclic) bond motifs is 2. The third-order valence-corrected chi connectivity index (χ3v) is 12.8. The zero-order valence-corrected chi connectivity index (χ0v) is 29.3. The Morgan fingerprint density at radius 1 is 0.607 bits per heavy atom. The number of nitrogens with two attached hydrogens (primary N) is 2. The van der Waals surface area contributed by atoms with Gasteiger partial charge >= 0.3 is 12.4 Å². The van der Waals surface area contributed by atoms with Gasteiger partial charge in [-0.05, 0) is 45.5 Å². The fraction of sp³-hybridized carbons (Fsp3) is 0.176. The summed E-state index contributed by atoms with van der Waals surface area (Å²) in [5.74, 6) is 0. The molecule has 0 aromatic heterocycles. The van der Waals surface area contributed by atoms with Gasteiger partial charge in [-0.1, -0.05) is 72.8 Å². The van der Waals surface area contributed by atoms with Crippen LogP contribution in [0, 0.1) is 11.0 Å². The lowest BCUT2D eigenvalue weighted by Gasteiger charge is -2.41. The maximum Gasteiger partial charge on any atom is 0.416 e. The van der Waals surface area contributed by atoms with Crippen LogP contribution in [0.2, 0.25) is 2.82 Å². The molecule has 0 saturated carbocycles. The standard InChI is InChI=1S/C34H26F6N6O8S2/c35-33(36,37)23-13-15(9-11-21(23)31(55(49,50)51)19-7-3-1-5-17(19)25(41)27(45-43)29(31)47)16-10-12-22(24(14-16)34(38,39)40)32(56(52,53)54)20-8-4-2-6-18(20)26(42)28(46-44)30(32)48/h1-14,29-30,43-44,47-48H,41-42H2,(H,49,50,51)(H,52,53,54)/b45-43+,46-44+. The number of halogens is 6. The van der Waals surface area contributed by atoms with E-state index in [0.29, 0.717) is 12.1 Å². The van der Waals surface area contributed by atoms with E-state index in [9.17, 15) is 36.2 Å². The van der Waals surface area contributed by atoms with Gasteiger partial charge in [0, 0.05) is 11.1 Å². The Morgan fingerprint density at radius 2 is 0.946 bits per heavy atom. The van der Waals surface area contributed by atoms with Crippen LogP contribution in [0.15, 0.2) is 107 Å². The quantitative estimate of drug-likeness (QED) is 0.0638. The smallest absolute Gasteiger partial charge is 0.397 e. The average molecular weight is 825 g/mol. The number of aliphatic hydroxyl groups excluding tert-OH is 2. The van der Waals surface area contributed by atoms with Gasteiger partial charge in [-0.2, -0.15) is 53.4 Å². The predicted molar refractivity (Wildman–Crippen MR) is 184 cm³/mol. The summed E-state index contributed by atoms with van der Waals surface area (Å²) >= 11 is 0. The first-order chi connectivity index (χ1) is 26.9.